The van der Waals surface area contributed by atoms with Gasteiger partial charge in [-0.1, -0.05) is 386 Å². The van der Waals surface area contributed by atoms with Crippen LogP contribution in [0.15, 0.2) is 0 Å². The zero-order chi connectivity index (χ0) is 56.4. The summed E-state index contributed by atoms with van der Waals surface area (Å²) >= 11 is 0. The molecule has 6 nitrogen and oxygen atoms in total. The van der Waals surface area contributed by atoms with Crippen LogP contribution in [-0.4, -0.2) is 47.4 Å². The number of hydrogen-bond donors (Lipinski definition) is 3. The van der Waals surface area contributed by atoms with Crippen molar-refractivity contribution in [1.82, 2.24) is 5.32 Å². The van der Waals surface area contributed by atoms with Crippen molar-refractivity contribution in [1.29, 1.82) is 0 Å². The lowest BCUT2D eigenvalue weighted by Crippen LogP contribution is -2.45. The number of amides is 1. The Hall–Kier alpha value is -1.14. The Morgan fingerprint density at radius 2 is 0.526 bits per heavy atom. The topological polar surface area (TPSA) is 95.9 Å². The lowest BCUT2D eigenvalue weighted by atomic mass is 10.0. The lowest BCUT2D eigenvalue weighted by molar-refractivity contribution is -0.143. The molecule has 2 unspecified atom stereocenters. The van der Waals surface area contributed by atoms with Crippen molar-refractivity contribution in [3.05, 3.63) is 0 Å². The van der Waals surface area contributed by atoms with Crippen molar-refractivity contribution in [2.75, 3.05) is 13.2 Å². The van der Waals surface area contributed by atoms with E-state index >= 15 is 0 Å². The highest BCUT2D eigenvalue weighted by atomic mass is 16.5. The fourth-order valence-electron chi connectivity index (χ4n) is 11.9. The van der Waals surface area contributed by atoms with Crippen LogP contribution in [0, 0.1) is 0 Å². The molecule has 2 atom stereocenters. The molecule has 0 saturated heterocycles. The van der Waals surface area contributed by atoms with E-state index in [1.165, 1.54) is 353 Å². The number of aliphatic hydroxyl groups excluding tert-OH is 2. The van der Waals surface area contributed by atoms with Gasteiger partial charge in [0.25, 0.3) is 0 Å². The molecule has 0 rings (SSSR count). The van der Waals surface area contributed by atoms with Crippen molar-refractivity contribution in [3.8, 4) is 0 Å². The summed E-state index contributed by atoms with van der Waals surface area (Å²) < 4.78 is 5.48. The van der Waals surface area contributed by atoms with E-state index < -0.39 is 12.1 Å². The van der Waals surface area contributed by atoms with Crippen LogP contribution in [0.4, 0.5) is 0 Å². The number of rotatable bonds is 69. The zero-order valence-electron chi connectivity index (χ0n) is 53.4. The standard InChI is InChI=1S/C72H143NO5/c1-3-5-7-9-11-13-15-16-38-41-45-48-52-56-60-64-70(75)69(68-74)73-71(76)65-61-57-53-49-46-42-39-36-34-32-30-28-26-24-22-20-18-17-19-21-23-25-27-29-31-33-35-37-40-43-47-51-55-59-63-67-78-72(77)66-62-58-54-50-44-14-12-10-8-6-4-2/h69-70,74-75H,3-68H2,1-2H3,(H,73,76). The van der Waals surface area contributed by atoms with E-state index in [4.69, 9.17) is 4.74 Å². The number of ether oxygens (including phenoxy) is 1. The molecule has 0 aliphatic heterocycles. The molecule has 466 valence electrons. The second-order valence-corrected chi connectivity index (χ2v) is 25.3. The minimum absolute atomic E-state index is 0.0233. The number of carbonyl (C=O) groups excluding carboxylic acids is 2. The average Bonchev–Trinajstić information content (AvgIpc) is 3.44. The van der Waals surface area contributed by atoms with Gasteiger partial charge in [-0.2, -0.15) is 0 Å². The third-order valence-electron chi connectivity index (χ3n) is 17.4. The van der Waals surface area contributed by atoms with Gasteiger partial charge >= 0.3 is 5.97 Å². The quantitative estimate of drug-likeness (QED) is 0.0417. The lowest BCUT2D eigenvalue weighted by Gasteiger charge is -2.22. The monoisotopic (exact) mass is 1100 g/mol. The van der Waals surface area contributed by atoms with E-state index in [1.807, 2.05) is 0 Å². The Kier molecular flexibility index (Phi) is 67.4. The summed E-state index contributed by atoms with van der Waals surface area (Å²) in [7, 11) is 0. The highest BCUT2D eigenvalue weighted by Gasteiger charge is 2.20. The zero-order valence-corrected chi connectivity index (χ0v) is 53.4. The van der Waals surface area contributed by atoms with Crippen LogP contribution in [-0.2, 0) is 14.3 Å². The molecule has 0 saturated carbocycles. The van der Waals surface area contributed by atoms with Crippen molar-refractivity contribution in [2.45, 2.75) is 437 Å². The molecule has 78 heavy (non-hydrogen) atoms. The average molecular weight is 1100 g/mol. The van der Waals surface area contributed by atoms with Gasteiger partial charge in [-0.15, -0.1) is 0 Å². The number of unbranched alkanes of at least 4 members (excludes halogenated alkanes) is 58. The van der Waals surface area contributed by atoms with Crippen molar-refractivity contribution in [2.24, 2.45) is 0 Å². The first kappa shape index (κ1) is 76.9. The van der Waals surface area contributed by atoms with E-state index in [0.717, 1.165) is 38.5 Å². The smallest absolute Gasteiger partial charge is 0.305 e. The van der Waals surface area contributed by atoms with Crippen LogP contribution in [0.2, 0.25) is 0 Å². The third-order valence-corrected chi connectivity index (χ3v) is 17.4. The van der Waals surface area contributed by atoms with Crippen LogP contribution in [0.3, 0.4) is 0 Å². The summed E-state index contributed by atoms with van der Waals surface area (Å²) in [6.45, 7) is 5.00. The van der Waals surface area contributed by atoms with Crippen LogP contribution in [0.5, 0.6) is 0 Å². The first-order valence-electron chi connectivity index (χ1n) is 36.3. The van der Waals surface area contributed by atoms with Gasteiger partial charge in [0.2, 0.25) is 5.91 Å². The first-order valence-corrected chi connectivity index (χ1v) is 36.3. The number of nitrogens with one attached hydrogen (secondary N) is 1. The number of esters is 1. The van der Waals surface area contributed by atoms with Crippen molar-refractivity contribution < 1.29 is 24.5 Å². The molecule has 0 heterocycles. The van der Waals surface area contributed by atoms with Gasteiger partial charge in [0, 0.05) is 12.8 Å². The summed E-state index contributed by atoms with van der Waals surface area (Å²) in [5, 5.41) is 23.3. The highest BCUT2D eigenvalue weighted by Crippen LogP contribution is 2.20. The van der Waals surface area contributed by atoms with Gasteiger partial charge in [0.15, 0.2) is 0 Å². The van der Waals surface area contributed by atoms with E-state index in [2.05, 4.69) is 19.2 Å². The van der Waals surface area contributed by atoms with Crippen LogP contribution < -0.4 is 5.32 Å². The highest BCUT2D eigenvalue weighted by molar-refractivity contribution is 5.76. The maximum absolute atomic E-state index is 12.5. The molecule has 3 N–H and O–H groups in total. The Bertz CT molecular complexity index is 1130. The maximum Gasteiger partial charge on any atom is 0.305 e. The van der Waals surface area contributed by atoms with Gasteiger partial charge < -0.3 is 20.3 Å². The molecule has 0 bridgehead atoms. The van der Waals surface area contributed by atoms with Gasteiger partial charge in [-0.05, 0) is 25.7 Å². The fraction of sp³-hybridized carbons (Fsp3) is 0.972. The molecular weight excluding hydrogens is 959 g/mol. The molecule has 0 aromatic rings. The van der Waals surface area contributed by atoms with Gasteiger partial charge in [0.05, 0.1) is 25.4 Å². The van der Waals surface area contributed by atoms with Gasteiger partial charge in [0.1, 0.15) is 0 Å². The third kappa shape index (κ3) is 64.0. The Balaban J connectivity index is 3.29. The summed E-state index contributed by atoms with van der Waals surface area (Å²) in [5.74, 6) is -0.00247. The number of carbonyl (C=O) groups is 2. The molecule has 6 heteroatoms. The van der Waals surface area contributed by atoms with E-state index in [9.17, 15) is 19.8 Å². The summed E-state index contributed by atoms with van der Waals surface area (Å²) in [4.78, 5) is 24.5. The fourth-order valence-corrected chi connectivity index (χ4v) is 11.9. The Morgan fingerprint density at radius 1 is 0.308 bits per heavy atom. The molecule has 0 aliphatic carbocycles. The van der Waals surface area contributed by atoms with E-state index in [0.29, 0.717) is 25.9 Å². The maximum atomic E-state index is 12.5. The minimum Gasteiger partial charge on any atom is -0.466 e. The van der Waals surface area contributed by atoms with Crippen LogP contribution >= 0.6 is 0 Å². The molecule has 1 amide bonds. The van der Waals surface area contributed by atoms with Gasteiger partial charge in [-0.25, -0.2) is 0 Å². The van der Waals surface area contributed by atoms with Crippen molar-refractivity contribution in [3.63, 3.8) is 0 Å². The van der Waals surface area contributed by atoms with Crippen LogP contribution in [0.1, 0.15) is 425 Å². The molecule has 0 spiro atoms. The summed E-state index contributed by atoms with van der Waals surface area (Å²) in [6.07, 6.45) is 83.2. The largest absolute Gasteiger partial charge is 0.466 e. The number of hydrogen-bond acceptors (Lipinski definition) is 5. The van der Waals surface area contributed by atoms with Crippen LogP contribution in [0.25, 0.3) is 0 Å². The predicted octanol–water partition coefficient (Wildman–Crippen LogP) is 23.4. The molecule has 0 radical (unpaired) electrons. The van der Waals surface area contributed by atoms with Gasteiger partial charge in [-0.3, -0.25) is 9.59 Å². The first-order chi connectivity index (χ1) is 38.5. The summed E-state index contributed by atoms with van der Waals surface area (Å²) in [5.41, 5.74) is 0. The second-order valence-electron chi connectivity index (χ2n) is 25.3. The molecular formula is C72H143NO5. The Labute approximate surface area is 489 Å². The van der Waals surface area contributed by atoms with E-state index in [1.54, 1.807) is 0 Å². The summed E-state index contributed by atoms with van der Waals surface area (Å²) in [6, 6.07) is -0.536. The second kappa shape index (κ2) is 68.4. The molecule has 0 fully saturated rings. The molecule has 0 aromatic heterocycles. The number of aliphatic hydroxyl groups is 2. The van der Waals surface area contributed by atoms with E-state index in [-0.39, 0.29) is 18.5 Å². The minimum atomic E-state index is -0.659. The molecule has 0 aromatic carbocycles. The van der Waals surface area contributed by atoms with Crippen molar-refractivity contribution >= 4 is 11.9 Å². The normalized spacial score (nSPS) is 12.4. The Morgan fingerprint density at radius 3 is 0.782 bits per heavy atom. The molecule has 0 aliphatic rings. The SMILES string of the molecule is CCCCCCCCCCCCCCCCCC(O)C(CO)NC(=O)CCCCCCCCCCCCCCCCCCCCCCCCCCCCCCCCCCCCCOC(=O)CCCCCCCCCCCCC. The predicted molar refractivity (Wildman–Crippen MR) is 343 cm³/mol.